The highest BCUT2D eigenvalue weighted by atomic mass is 16.6. The first-order valence-corrected chi connectivity index (χ1v) is 12.1. The molecule has 0 saturated carbocycles. The minimum atomic E-state index is -0.590. The van der Waals surface area contributed by atoms with Crippen molar-refractivity contribution in [2.75, 3.05) is 17.2 Å². The van der Waals surface area contributed by atoms with Crippen LogP contribution in [0.15, 0.2) is 83.5 Å². The number of benzene rings is 3. The fourth-order valence-electron chi connectivity index (χ4n) is 3.96. The van der Waals surface area contributed by atoms with Crippen LogP contribution in [-0.2, 0) is 17.9 Å². The van der Waals surface area contributed by atoms with Crippen LogP contribution in [-0.4, -0.2) is 38.3 Å². The monoisotopic (exact) mass is 521 g/mol. The van der Waals surface area contributed by atoms with E-state index in [1.165, 1.54) is 0 Å². The Hall–Kier alpha value is -5.50. The van der Waals surface area contributed by atoms with Gasteiger partial charge in [0, 0.05) is 17.8 Å². The zero-order valence-corrected chi connectivity index (χ0v) is 20.7. The standard InChI is InChI=1S/C28H23N7O4/c29-15-6-16-30-26-25(33-39-34-26)27-32-22-9-4-5-10-23(22)35(27)17-24(36)20-11-13-21(14-12-20)31-28(37)38-18-19-7-2-1-3-8-19/h1-5,7-14H,6,16-18H2,(H,30,34)(H,31,37). The molecule has 0 spiro atoms. The third-order valence-electron chi connectivity index (χ3n) is 5.85. The van der Waals surface area contributed by atoms with E-state index >= 15 is 0 Å². The number of ketones is 1. The zero-order chi connectivity index (χ0) is 27.0. The molecule has 39 heavy (non-hydrogen) atoms. The van der Waals surface area contributed by atoms with Crippen molar-refractivity contribution in [3.05, 3.63) is 90.0 Å². The summed E-state index contributed by atoms with van der Waals surface area (Å²) in [7, 11) is 0. The molecule has 0 saturated heterocycles. The van der Waals surface area contributed by atoms with Gasteiger partial charge in [0.2, 0.25) is 5.82 Å². The minimum absolute atomic E-state index is 0.0216. The van der Waals surface area contributed by atoms with Gasteiger partial charge in [0.1, 0.15) is 6.61 Å². The van der Waals surface area contributed by atoms with Crippen molar-refractivity contribution in [2.24, 2.45) is 0 Å². The topological polar surface area (TPSA) is 148 Å². The predicted molar refractivity (Wildman–Crippen MR) is 143 cm³/mol. The molecule has 5 rings (SSSR count). The molecule has 0 fully saturated rings. The molecule has 0 aliphatic rings. The van der Waals surface area contributed by atoms with Gasteiger partial charge in [0.25, 0.3) is 0 Å². The van der Waals surface area contributed by atoms with Crippen LogP contribution in [0.4, 0.5) is 16.3 Å². The third kappa shape index (κ3) is 5.91. The largest absolute Gasteiger partial charge is 0.444 e. The number of nitrogens with zero attached hydrogens (tertiary/aromatic N) is 5. The average Bonchev–Trinajstić information content (AvgIpc) is 3.57. The number of carbonyl (C=O) groups is 2. The van der Waals surface area contributed by atoms with E-state index in [1.54, 1.807) is 28.8 Å². The summed E-state index contributed by atoms with van der Waals surface area (Å²) in [4.78, 5) is 30.1. The van der Waals surface area contributed by atoms with E-state index in [2.05, 4.69) is 32.0 Å². The van der Waals surface area contributed by atoms with E-state index in [4.69, 9.17) is 14.6 Å². The van der Waals surface area contributed by atoms with Gasteiger partial charge in [-0.3, -0.25) is 10.1 Å². The van der Waals surface area contributed by atoms with Crippen molar-refractivity contribution in [3.63, 3.8) is 0 Å². The van der Waals surface area contributed by atoms with E-state index in [0.717, 1.165) is 11.1 Å². The lowest BCUT2D eigenvalue weighted by Gasteiger charge is -2.10. The molecule has 3 aromatic carbocycles. The molecule has 0 unspecified atom stereocenters. The summed E-state index contributed by atoms with van der Waals surface area (Å²) in [6, 6.07) is 25.4. The van der Waals surface area contributed by atoms with Crippen LogP contribution in [0.2, 0.25) is 0 Å². The van der Waals surface area contributed by atoms with E-state index in [9.17, 15) is 9.59 Å². The van der Waals surface area contributed by atoms with E-state index < -0.39 is 6.09 Å². The van der Waals surface area contributed by atoms with Gasteiger partial charge in [-0.15, -0.1) is 0 Å². The molecule has 5 aromatic rings. The van der Waals surface area contributed by atoms with Crippen LogP contribution < -0.4 is 10.6 Å². The van der Waals surface area contributed by atoms with Gasteiger partial charge in [0.05, 0.1) is 30.1 Å². The number of nitriles is 1. The Morgan fingerprint density at radius 1 is 0.974 bits per heavy atom. The van der Waals surface area contributed by atoms with Gasteiger partial charge < -0.3 is 14.6 Å². The predicted octanol–water partition coefficient (Wildman–Crippen LogP) is 5.04. The van der Waals surface area contributed by atoms with Crippen molar-refractivity contribution in [1.29, 1.82) is 5.26 Å². The van der Waals surface area contributed by atoms with Crippen LogP contribution in [0.1, 0.15) is 22.3 Å². The second kappa shape index (κ2) is 11.7. The van der Waals surface area contributed by atoms with Crippen molar-refractivity contribution < 1.29 is 19.0 Å². The van der Waals surface area contributed by atoms with Crippen LogP contribution in [0.25, 0.3) is 22.6 Å². The van der Waals surface area contributed by atoms with Gasteiger partial charge in [-0.2, -0.15) is 5.26 Å². The molecule has 0 atom stereocenters. The number of fused-ring (bicyclic) bond motifs is 1. The average molecular weight is 522 g/mol. The summed E-state index contributed by atoms with van der Waals surface area (Å²) in [5, 5.41) is 22.4. The lowest BCUT2D eigenvalue weighted by Crippen LogP contribution is -2.14. The molecule has 194 valence electrons. The number of anilines is 2. The molecule has 0 bridgehead atoms. The molecule has 2 N–H and O–H groups in total. The number of rotatable bonds is 10. The number of ether oxygens (including phenoxy) is 1. The first-order valence-electron chi connectivity index (χ1n) is 12.1. The summed E-state index contributed by atoms with van der Waals surface area (Å²) in [5.41, 5.74) is 3.59. The molecule has 0 aliphatic carbocycles. The highest BCUT2D eigenvalue weighted by Crippen LogP contribution is 2.28. The number of hydrogen-bond acceptors (Lipinski definition) is 9. The number of hydrogen-bond donors (Lipinski definition) is 2. The summed E-state index contributed by atoms with van der Waals surface area (Å²) < 4.78 is 11.9. The quantitative estimate of drug-likeness (QED) is 0.190. The molecule has 1 amide bonds. The lowest BCUT2D eigenvalue weighted by molar-refractivity contribution is 0.0973. The van der Waals surface area contributed by atoms with Crippen molar-refractivity contribution in [3.8, 4) is 17.6 Å². The molecule has 11 heteroatoms. The van der Waals surface area contributed by atoms with Crippen LogP contribution in [0.3, 0.4) is 0 Å². The second-order valence-electron chi connectivity index (χ2n) is 8.49. The van der Waals surface area contributed by atoms with Crippen molar-refractivity contribution in [1.82, 2.24) is 19.9 Å². The smallest absolute Gasteiger partial charge is 0.411 e. The highest BCUT2D eigenvalue weighted by Gasteiger charge is 2.22. The lowest BCUT2D eigenvalue weighted by atomic mass is 10.1. The minimum Gasteiger partial charge on any atom is -0.444 e. The molecule has 11 nitrogen and oxygen atoms in total. The number of imidazole rings is 1. The Morgan fingerprint density at radius 2 is 1.74 bits per heavy atom. The zero-order valence-electron chi connectivity index (χ0n) is 20.7. The fraction of sp³-hybridized carbons (Fsp3) is 0.143. The Balaban J connectivity index is 1.30. The van der Waals surface area contributed by atoms with Crippen LogP contribution >= 0.6 is 0 Å². The van der Waals surface area contributed by atoms with Gasteiger partial charge in [-0.05, 0) is 52.3 Å². The van der Waals surface area contributed by atoms with E-state index in [0.29, 0.717) is 40.6 Å². The Kier molecular flexibility index (Phi) is 7.55. The number of nitrogens with one attached hydrogen (secondary N) is 2. The van der Waals surface area contributed by atoms with E-state index in [1.807, 2.05) is 54.6 Å². The maximum atomic E-state index is 13.3. The second-order valence-corrected chi connectivity index (χ2v) is 8.49. The fourth-order valence-corrected chi connectivity index (χ4v) is 3.96. The first kappa shape index (κ1) is 25.2. The molecule has 2 aromatic heterocycles. The Bertz CT molecular complexity index is 1640. The number of amides is 1. The molecular formula is C28H23N7O4. The molecule has 0 radical (unpaired) electrons. The summed E-state index contributed by atoms with van der Waals surface area (Å²) >= 11 is 0. The normalized spacial score (nSPS) is 10.6. The number of carbonyl (C=O) groups excluding carboxylic acids is 2. The number of aromatic nitrogens is 4. The van der Waals surface area contributed by atoms with Gasteiger partial charge in [-0.25, -0.2) is 14.4 Å². The number of para-hydroxylation sites is 2. The third-order valence-corrected chi connectivity index (χ3v) is 5.85. The Morgan fingerprint density at radius 3 is 2.54 bits per heavy atom. The summed E-state index contributed by atoms with van der Waals surface area (Å²) in [6.07, 6.45) is -0.315. The first-order chi connectivity index (χ1) is 19.1. The number of Topliss-reactive ketones (excluding diaryl/α,β-unsaturated/α-hetero) is 1. The maximum Gasteiger partial charge on any atom is 0.411 e. The summed E-state index contributed by atoms with van der Waals surface area (Å²) in [5.74, 6) is 0.571. The van der Waals surface area contributed by atoms with Gasteiger partial charge in [0.15, 0.2) is 17.3 Å². The SMILES string of the molecule is N#CCCNc1nonc1-c1nc2ccccc2n1CC(=O)c1ccc(NC(=O)OCc2ccccc2)cc1. The van der Waals surface area contributed by atoms with Gasteiger partial charge in [-0.1, -0.05) is 42.5 Å². The Labute approximate surface area is 223 Å². The molecular weight excluding hydrogens is 498 g/mol. The van der Waals surface area contributed by atoms with Crippen molar-refractivity contribution >= 4 is 34.4 Å². The molecule has 0 aliphatic heterocycles. The van der Waals surface area contributed by atoms with Crippen molar-refractivity contribution in [2.45, 2.75) is 19.6 Å². The maximum absolute atomic E-state index is 13.3. The van der Waals surface area contributed by atoms with E-state index in [-0.39, 0.29) is 25.4 Å². The highest BCUT2D eigenvalue weighted by molar-refractivity contribution is 5.98. The van der Waals surface area contributed by atoms with Gasteiger partial charge >= 0.3 is 6.09 Å². The van der Waals surface area contributed by atoms with Crippen LogP contribution in [0.5, 0.6) is 0 Å². The summed E-state index contributed by atoms with van der Waals surface area (Å²) in [6.45, 7) is 0.490. The molecule has 2 heterocycles. The van der Waals surface area contributed by atoms with Crippen LogP contribution in [0, 0.1) is 11.3 Å².